The van der Waals surface area contributed by atoms with E-state index < -0.39 is 4.41 Å². The lowest BCUT2D eigenvalue weighted by atomic mass is 9.49. The Morgan fingerprint density at radius 3 is 2.52 bits per heavy atom. The summed E-state index contributed by atoms with van der Waals surface area (Å²) in [6.45, 7) is 4.75. The van der Waals surface area contributed by atoms with Crippen LogP contribution in [0, 0.1) is 46.8 Å². The third-order valence-corrected chi connectivity index (χ3v) is 9.27. The summed E-state index contributed by atoms with van der Waals surface area (Å²) in [5.41, 5.74) is 0.0359. The Morgan fingerprint density at radius 2 is 1.80 bits per heavy atom. The number of carbonyl (C=O) groups excluding carboxylic acids is 1. The smallest absolute Gasteiger partial charge is 0.168 e. The second-order valence-electron chi connectivity index (χ2n) is 10.1. The van der Waals surface area contributed by atoms with Crippen LogP contribution >= 0.6 is 15.9 Å². The molecular weight excluding hydrogens is 375 g/mol. The molecule has 138 valence electrons. The van der Waals surface area contributed by atoms with Crippen LogP contribution in [0.25, 0.3) is 0 Å². The second-order valence-corrected chi connectivity index (χ2v) is 11.3. The molecule has 4 heteroatoms. The van der Waals surface area contributed by atoms with Gasteiger partial charge in [-0.05, 0) is 92.3 Å². The predicted molar refractivity (Wildman–Crippen MR) is 104 cm³/mol. The molecule has 0 aromatic carbocycles. The van der Waals surface area contributed by atoms with E-state index in [0.717, 1.165) is 48.9 Å². The van der Waals surface area contributed by atoms with Crippen molar-refractivity contribution in [1.29, 1.82) is 0 Å². The summed E-state index contributed by atoms with van der Waals surface area (Å²) in [6, 6.07) is 0. The summed E-state index contributed by atoms with van der Waals surface area (Å²) in [5.74, 6) is 4.87. The molecule has 4 aliphatic rings. The Bertz CT molecular complexity index is 545. The standard InChI is InChI=1S/C21H32BBrO2/c1-12-3-5-14-13(11-12)4-6-16-15(14)9-10-20(2)17(16)7-8-18(20)19(24)21(22,23)25/h12-18,25H,3-11H2,1-2H3. The molecule has 25 heavy (non-hydrogen) atoms. The van der Waals surface area contributed by atoms with Gasteiger partial charge in [-0.2, -0.15) is 0 Å². The topological polar surface area (TPSA) is 37.3 Å². The summed E-state index contributed by atoms with van der Waals surface area (Å²) < 4.78 is -1.86. The van der Waals surface area contributed by atoms with Crippen LogP contribution in [0.2, 0.25) is 0 Å². The van der Waals surface area contributed by atoms with Gasteiger partial charge in [0.05, 0.1) is 0 Å². The van der Waals surface area contributed by atoms with E-state index in [1.165, 1.54) is 38.5 Å². The van der Waals surface area contributed by atoms with Crippen LogP contribution in [-0.2, 0) is 4.79 Å². The maximum atomic E-state index is 12.7. The van der Waals surface area contributed by atoms with Gasteiger partial charge in [-0.15, -0.1) is 0 Å². The van der Waals surface area contributed by atoms with Crippen LogP contribution in [0.1, 0.15) is 71.6 Å². The molecular formula is C21H32BBrO2. The van der Waals surface area contributed by atoms with Crippen molar-refractivity contribution in [3.8, 4) is 0 Å². The Labute approximate surface area is 162 Å². The number of hydrogen-bond acceptors (Lipinski definition) is 2. The third-order valence-electron chi connectivity index (χ3n) is 8.88. The Morgan fingerprint density at radius 1 is 1.08 bits per heavy atom. The lowest BCUT2D eigenvalue weighted by molar-refractivity contribution is -0.136. The first kappa shape index (κ1) is 18.5. The monoisotopic (exact) mass is 406 g/mol. The lowest BCUT2D eigenvalue weighted by Crippen LogP contribution is -2.51. The van der Waals surface area contributed by atoms with Crippen molar-refractivity contribution in [3.63, 3.8) is 0 Å². The van der Waals surface area contributed by atoms with Crippen molar-refractivity contribution in [1.82, 2.24) is 0 Å². The van der Waals surface area contributed by atoms with E-state index in [4.69, 9.17) is 7.85 Å². The number of ketones is 1. The number of halogens is 1. The Kier molecular flexibility index (Phi) is 4.72. The fourth-order valence-electron chi connectivity index (χ4n) is 7.76. The van der Waals surface area contributed by atoms with E-state index in [1.807, 2.05) is 0 Å². The Balaban J connectivity index is 1.55. The number of rotatable bonds is 2. The van der Waals surface area contributed by atoms with Gasteiger partial charge in [0.15, 0.2) is 5.78 Å². The van der Waals surface area contributed by atoms with Gasteiger partial charge < -0.3 is 5.11 Å². The molecule has 4 rings (SSSR count). The van der Waals surface area contributed by atoms with E-state index >= 15 is 0 Å². The largest absolute Gasteiger partial charge is 0.381 e. The van der Waals surface area contributed by atoms with Crippen molar-refractivity contribution in [2.24, 2.45) is 46.8 Å². The van der Waals surface area contributed by atoms with Gasteiger partial charge in [0.2, 0.25) is 0 Å². The van der Waals surface area contributed by atoms with Gasteiger partial charge in [-0.25, -0.2) is 0 Å². The first-order valence-electron chi connectivity index (χ1n) is 10.5. The molecule has 4 aliphatic carbocycles. The number of alkyl halides is 1. The van der Waals surface area contributed by atoms with Crippen LogP contribution in [0.5, 0.6) is 0 Å². The molecule has 0 aromatic heterocycles. The highest BCUT2D eigenvalue weighted by Crippen LogP contribution is 2.64. The minimum Gasteiger partial charge on any atom is -0.381 e. The summed E-state index contributed by atoms with van der Waals surface area (Å²) >= 11 is 3.00. The number of fused-ring (bicyclic) bond motifs is 5. The molecule has 0 aromatic rings. The van der Waals surface area contributed by atoms with E-state index in [1.54, 1.807) is 0 Å². The molecule has 0 amide bonds. The Hall–Kier alpha value is 0.175. The highest BCUT2D eigenvalue weighted by molar-refractivity contribution is 9.10. The summed E-state index contributed by atoms with van der Waals surface area (Å²) in [5, 5.41) is 10.0. The fourth-order valence-corrected chi connectivity index (χ4v) is 8.04. The average Bonchev–Trinajstić information content (AvgIpc) is 2.89. The van der Waals surface area contributed by atoms with Crippen LogP contribution < -0.4 is 0 Å². The fraction of sp³-hybridized carbons (Fsp3) is 0.952. The average molecular weight is 407 g/mol. The highest BCUT2D eigenvalue weighted by Gasteiger charge is 2.59. The summed E-state index contributed by atoms with van der Waals surface area (Å²) in [4.78, 5) is 12.7. The molecule has 9 atom stereocenters. The van der Waals surface area contributed by atoms with E-state index in [0.29, 0.717) is 5.92 Å². The molecule has 4 fully saturated rings. The molecule has 4 saturated carbocycles. The van der Waals surface area contributed by atoms with Gasteiger partial charge in [-0.1, -0.05) is 36.2 Å². The van der Waals surface area contributed by atoms with Crippen molar-refractivity contribution in [2.75, 3.05) is 0 Å². The zero-order chi connectivity index (χ0) is 18.0. The zero-order valence-corrected chi connectivity index (χ0v) is 17.3. The molecule has 2 nitrogen and oxygen atoms in total. The number of Topliss-reactive ketones (excluding diaryl/α,β-unsaturated/α-hetero) is 1. The number of carbonyl (C=O) groups is 1. The maximum Gasteiger partial charge on any atom is 0.168 e. The second kappa shape index (κ2) is 6.36. The first-order chi connectivity index (χ1) is 11.7. The van der Waals surface area contributed by atoms with Crippen molar-refractivity contribution < 1.29 is 9.90 Å². The van der Waals surface area contributed by atoms with E-state index in [2.05, 4.69) is 29.8 Å². The van der Waals surface area contributed by atoms with Gasteiger partial charge in [0.1, 0.15) is 12.3 Å². The first-order valence-corrected chi connectivity index (χ1v) is 11.3. The molecule has 0 saturated heterocycles. The molecule has 1 N–H and O–H groups in total. The van der Waals surface area contributed by atoms with Crippen LogP contribution in [0.15, 0.2) is 0 Å². The molecule has 2 radical (unpaired) electrons. The van der Waals surface area contributed by atoms with Gasteiger partial charge in [0.25, 0.3) is 0 Å². The van der Waals surface area contributed by atoms with Crippen LogP contribution in [-0.4, -0.2) is 23.1 Å². The van der Waals surface area contributed by atoms with Crippen molar-refractivity contribution in [3.05, 3.63) is 0 Å². The molecule has 0 heterocycles. The summed E-state index contributed by atoms with van der Waals surface area (Å²) in [7, 11) is 5.69. The van der Waals surface area contributed by atoms with Crippen molar-refractivity contribution in [2.45, 2.75) is 76.0 Å². The summed E-state index contributed by atoms with van der Waals surface area (Å²) in [6.07, 6.45) is 11.5. The molecule has 0 aliphatic heterocycles. The van der Waals surface area contributed by atoms with Gasteiger partial charge >= 0.3 is 0 Å². The lowest BCUT2D eigenvalue weighted by Gasteiger charge is -2.56. The predicted octanol–water partition coefficient (Wildman–Crippen LogP) is 4.67. The molecule has 0 spiro atoms. The van der Waals surface area contributed by atoms with E-state index in [9.17, 15) is 9.90 Å². The minimum absolute atomic E-state index is 0.0359. The van der Waals surface area contributed by atoms with Gasteiger partial charge in [-0.3, -0.25) is 4.79 Å². The van der Waals surface area contributed by atoms with Crippen LogP contribution in [0.4, 0.5) is 0 Å². The number of hydrogen-bond donors (Lipinski definition) is 1. The molecule has 9 unspecified atom stereocenters. The quantitative estimate of drug-likeness (QED) is 0.534. The maximum absolute atomic E-state index is 12.7. The van der Waals surface area contributed by atoms with Gasteiger partial charge in [0, 0.05) is 5.92 Å². The minimum atomic E-state index is -1.86. The zero-order valence-electron chi connectivity index (χ0n) is 15.7. The van der Waals surface area contributed by atoms with Crippen molar-refractivity contribution >= 4 is 29.6 Å². The third kappa shape index (κ3) is 2.98. The normalized spacial score (nSPS) is 51.8. The van der Waals surface area contributed by atoms with E-state index in [-0.39, 0.29) is 17.1 Å². The number of aliphatic hydroxyl groups is 1. The highest BCUT2D eigenvalue weighted by atomic mass is 79.9. The SMILES string of the molecule is [B]C(O)(Br)C(=O)C1CCC2C3CCC4CC(C)CCC4C3CCC12C. The van der Waals surface area contributed by atoms with Crippen LogP contribution in [0.3, 0.4) is 0 Å². The molecule has 0 bridgehead atoms.